The molecule has 0 fully saturated rings. The van der Waals surface area contributed by atoms with Crippen molar-refractivity contribution in [2.45, 2.75) is 20.5 Å². The fourth-order valence-electron chi connectivity index (χ4n) is 2.15. The largest absolute Gasteiger partial charge is 0.496 e. The second-order valence-electron chi connectivity index (χ2n) is 5.61. The molecule has 0 saturated heterocycles. The number of rotatable bonds is 6. The number of halogens is 1. The van der Waals surface area contributed by atoms with Gasteiger partial charge in [-0.3, -0.25) is 9.59 Å². The van der Waals surface area contributed by atoms with E-state index in [9.17, 15) is 9.59 Å². The van der Waals surface area contributed by atoms with E-state index in [4.69, 9.17) is 9.47 Å². The summed E-state index contributed by atoms with van der Waals surface area (Å²) in [5.74, 6) is -0.0907. The molecule has 2 rings (SSSR count). The number of carbonyl (C=O) groups excluding carboxylic acids is 2. The predicted molar refractivity (Wildman–Crippen MR) is 98.7 cm³/mol. The number of nitrogens with one attached hydrogen (secondary N) is 1. The molecule has 25 heavy (non-hydrogen) atoms. The van der Waals surface area contributed by atoms with Gasteiger partial charge in [0.2, 0.25) is 0 Å². The lowest BCUT2D eigenvalue weighted by Crippen LogP contribution is -2.30. The molecule has 2 aromatic rings. The first-order valence-corrected chi connectivity index (χ1v) is 8.53. The monoisotopic (exact) mass is 405 g/mol. The van der Waals surface area contributed by atoms with E-state index in [2.05, 4.69) is 21.2 Å². The fourth-order valence-corrected chi connectivity index (χ4v) is 2.74. The molecule has 0 spiro atoms. The predicted octanol–water partition coefficient (Wildman–Crippen LogP) is 3.55. The smallest absolute Gasteiger partial charge is 0.325 e. The van der Waals surface area contributed by atoms with Crippen molar-refractivity contribution in [3.63, 3.8) is 0 Å². The van der Waals surface area contributed by atoms with Crippen molar-refractivity contribution in [2.75, 3.05) is 13.7 Å². The number of carbonyl (C=O) groups is 2. The number of hydrogen-bond acceptors (Lipinski definition) is 4. The third-order valence-corrected chi connectivity index (χ3v) is 4.40. The molecule has 0 aliphatic carbocycles. The van der Waals surface area contributed by atoms with E-state index in [1.54, 1.807) is 25.3 Å². The van der Waals surface area contributed by atoms with E-state index in [0.717, 1.165) is 21.2 Å². The summed E-state index contributed by atoms with van der Waals surface area (Å²) in [5, 5.41) is 2.57. The Kier molecular flexibility index (Phi) is 6.58. The summed E-state index contributed by atoms with van der Waals surface area (Å²) in [6, 6.07) is 10.8. The molecule has 0 aliphatic heterocycles. The standard InChI is InChI=1S/C19H20BrNO4/c1-12-4-6-15(8-13(12)2)19(23)21-10-18(22)25-11-14-5-7-17(24-3)16(20)9-14/h4-9H,10-11H2,1-3H3,(H,21,23). The summed E-state index contributed by atoms with van der Waals surface area (Å²) in [6.07, 6.45) is 0. The molecule has 2 aromatic carbocycles. The highest BCUT2D eigenvalue weighted by Gasteiger charge is 2.10. The fraction of sp³-hybridized carbons (Fsp3) is 0.263. The molecule has 0 heterocycles. The van der Waals surface area contributed by atoms with Crippen molar-refractivity contribution in [1.29, 1.82) is 0 Å². The number of benzene rings is 2. The molecular weight excluding hydrogens is 386 g/mol. The molecule has 0 unspecified atom stereocenters. The Hall–Kier alpha value is -2.34. The van der Waals surface area contributed by atoms with Gasteiger partial charge in [0, 0.05) is 5.56 Å². The highest BCUT2D eigenvalue weighted by molar-refractivity contribution is 9.10. The average Bonchev–Trinajstić information content (AvgIpc) is 2.60. The number of esters is 1. The highest BCUT2D eigenvalue weighted by Crippen LogP contribution is 2.25. The van der Waals surface area contributed by atoms with Gasteiger partial charge in [-0.15, -0.1) is 0 Å². The van der Waals surface area contributed by atoms with Gasteiger partial charge in [-0.2, -0.15) is 0 Å². The van der Waals surface area contributed by atoms with Gasteiger partial charge in [0.25, 0.3) is 5.91 Å². The minimum Gasteiger partial charge on any atom is -0.496 e. The number of methoxy groups -OCH3 is 1. The van der Waals surface area contributed by atoms with Crippen LogP contribution in [0, 0.1) is 13.8 Å². The first-order valence-electron chi connectivity index (χ1n) is 7.74. The van der Waals surface area contributed by atoms with Crippen LogP contribution in [0.5, 0.6) is 5.75 Å². The molecule has 5 nitrogen and oxygen atoms in total. The van der Waals surface area contributed by atoms with Crippen molar-refractivity contribution in [3.05, 3.63) is 63.1 Å². The quantitative estimate of drug-likeness (QED) is 0.746. The number of amides is 1. The van der Waals surface area contributed by atoms with E-state index < -0.39 is 5.97 Å². The van der Waals surface area contributed by atoms with E-state index in [1.165, 1.54) is 0 Å². The lowest BCUT2D eigenvalue weighted by Gasteiger charge is -2.09. The summed E-state index contributed by atoms with van der Waals surface area (Å²) < 4.78 is 11.1. The normalized spacial score (nSPS) is 10.2. The van der Waals surface area contributed by atoms with Crippen molar-refractivity contribution >= 4 is 27.8 Å². The maximum absolute atomic E-state index is 12.1. The van der Waals surface area contributed by atoms with Crippen molar-refractivity contribution in [2.24, 2.45) is 0 Å². The Morgan fingerprint density at radius 2 is 1.84 bits per heavy atom. The van der Waals surface area contributed by atoms with Crippen LogP contribution in [0.2, 0.25) is 0 Å². The Balaban J connectivity index is 1.83. The third-order valence-electron chi connectivity index (χ3n) is 3.78. The SMILES string of the molecule is COc1ccc(COC(=O)CNC(=O)c2ccc(C)c(C)c2)cc1Br. The molecule has 132 valence electrons. The maximum atomic E-state index is 12.1. The van der Waals surface area contributed by atoms with Gasteiger partial charge in [-0.05, 0) is 70.7 Å². The van der Waals surface area contributed by atoms with Gasteiger partial charge < -0.3 is 14.8 Å². The highest BCUT2D eigenvalue weighted by atomic mass is 79.9. The molecule has 6 heteroatoms. The van der Waals surface area contributed by atoms with E-state index >= 15 is 0 Å². The van der Waals surface area contributed by atoms with Crippen LogP contribution < -0.4 is 10.1 Å². The van der Waals surface area contributed by atoms with Crippen LogP contribution in [-0.2, 0) is 16.1 Å². The topological polar surface area (TPSA) is 64.6 Å². The Labute approximate surface area is 155 Å². The first-order chi connectivity index (χ1) is 11.9. The Morgan fingerprint density at radius 3 is 2.48 bits per heavy atom. The minimum absolute atomic E-state index is 0.126. The first kappa shape index (κ1) is 19.0. The molecule has 1 amide bonds. The zero-order chi connectivity index (χ0) is 18.4. The molecule has 0 atom stereocenters. The van der Waals surface area contributed by atoms with Crippen molar-refractivity contribution in [3.8, 4) is 5.75 Å². The van der Waals surface area contributed by atoms with Gasteiger partial charge in [-0.25, -0.2) is 0 Å². The lowest BCUT2D eigenvalue weighted by atomic mass is 10.1. The van der Waals surface area contributed by atoms with Crippen molar-refractivity contribution < 1.29 is 19.1 Å². The van der Waals surface area contributed by atoms with Gasteiger partial charge >= 0.3 is 5.97 Å². The van der Waals surface area contributed by atoms with Crippen LogP contribution in [0.3, 0.4) is 0 Å². The Morgan fingerprint density at radius 1 is 1.08 bits per heavy atom. The third kappa shape index (κ3) is 5.32. The van der Waals surface area contributed by atoms with Crippen LogP contribution >= 0.6 is 15.9 Å². The minimum atomic E-state index is -0.496. The molecule has 0 radical (unpaired) electrons. The second-order valence-corrected chi connectivity index (χ2v) is 6.47. The summed E-state index contributed by atoms with van der Waals surface area (Å²) in [4.78, 5) is 23.9. The van der Waals surface area contributed by atoms with Gasteiger partial charge in [0.1, 0.15) is 18.9 Å². The summed E-state index contributed by atoms with van der Waals surface area (Å²) in [5.41, 5.74) is 3.48. The van der Waals surface area contributed by atoms with Crippen LogP contribution in [0.15, 0.2) is 40.9 Å². The van der Waals surface area contributed by atoms with Gasteiger partial charge in [-0.1, -0.05) is 12.1 Å². The molecule has 1 N–H and O–H groups in total. The summed E-state index contributed by atoms with van der Waals surface area (Å²) in [6.45, 7) is 3.86. The van der Waals surface area contributed by atoms with E-state index in [1.807, 2.05) is 32.0 Å². The van der Waals surface area contributed by atoms with Crippen LogP contribution in [0.4, 0.5) is 0 Å². The number of ether oxygens (including phenoxy) is 2. The maximum Gasteiger partial charge on any atom is 0.325 e. The molecule has 0 saturated carbocycles. The van der Waals surface area contributed by atoms with Crippen molar-refractivity contribution in [1.82, 2.24) is 5.32 Å². The van der Waals surface area contributed by atoms with Crippen LogP contribution in [-0.4, -0.2) is 25.5 Å². The van der Waals surface area contributed by atoms with Crippen LogP contribution in [0.1, 0.15) is 27.0 Å². The number of hydrogen-bond donors (Lipinski definition) is 1. The van der Waals surface area contributed by atoms with Crippen LogP contribution in [0.25, 0.3) is 0 Å². The number of aryl methyl sites for hydroxylation is 2. The zero-order valence-electron chi connectivity index (χ0n) is 14.4. The van der Waals surface area contributed by atoms with E-state index in [0.29, 0.717) is 11.3 Å². The van der Waals surface area contributed by atoms with Gasteiger partial charge in [0.15, 0.2) is 0 Å². The zero-order valence-corrected chi connectivity index (χ0v) is 16.0. The molecule has 0 aliphatic rings. The molecule has 0 bridgehead atoms. The molecular formula is C19H20BrNO4. The second kappa shape index (κ2) is 8.67. The van der Waals surface area contributed by atoms with Gasteiger partial charge in [0.05, 0.1) is 11.6 Å². The van der Waals surface area contributed by atoms with E-state index in [-0.39, 0.29) is 19.1 Å². The lowest BCUT2D eigenvalue weighted by molar-refractivity contribution is -0.143. The summed E-state index contributed by atoms with van der Waals surface area (Å²) in [7, 11) is 1.58. The Bertz CT molecular complexity index is 789. The average molecular weight is 406 g/mol. The molecule has 0 aromatic heterocycles. The summed E-state index contributed by atoms with van der Waals surface area (Å²) >= 11 is 3.38.